The van der Waals surface area contributed by atoms with Crippen LogP contribution < -0.4 is 9.47 Å². The van der Waals surface area contributed by atoms with Crippen LogP contribution in [-0.4, -0.2) is 13.3 Å². The van der Waals surface area contributed by atoms with Crippen LogP contribution in [0.1, 0.15) is 22.3 Å². The predicted octanol–water partition coefficient (Wildman–Crippen LogP) is 5.64. The normalized spacial score (nSPS) is 10.9. The molecule has 0 saturated heterocycles. The van der Waals surface area contributed by atoms with E-state index in [2.05, 4.69) is 24.9 Å². The molecule has 0 atom stereocenters. The van der Waals surface area contributed by atoms with Gasteiger partial charge in [-0.2, -0.15) is 0 Å². The molecule has 0 aromatic heterocycles. The molecule has 0 bridgehead atoms. The summed E-state index contributed by atoms with van der Waals surface area (Å²) in [6, 6.07) is 22.1. The molecule has 0 N–H and O–H groups in total. The standard InChI is InChI=1S/C23H23NO2/c1-17-8-7-11-21(18(17)2)24-15-20-12-13-22(23(14-20)25-3)26-16-19-9-5-4-6-10-19/h4-15H,16H2,1-3H3. The van der Waals surface area contributed by atoms with Crippen LogP contribution in [0.4, 0.5) is 5.69 Å². The Morgan fingerprint density at radius 3 is 2.46 bits per heavy atom. The molecule has 0 saturated carbocycles. The van der Waals surface area contributed by atoms with E-state index in [1.54, 1.807) is 7.11 Å². The molecule has 0 spiro atoms. The summed E-state index contributed by atoms with van der Waals surface area (Å²) in [5, 5.41) is 0. The van der Waals surface area contributed by atoms with Gasteiger partial charge in [0.1, 0.15) is 6.61 Å². The summed E-state index contributed by atoms with van der Waals surface area (Å²) in [7, 11) is 1.65. The van der Waals surface area contributed by atoms with Crippen molar-refractivity contribution in [1.29, 1.82) is 0 Å². The molecule has 0 heterocycles. The molecule has 3 nitrogen and oxygen atoms in total. The lowest BCUT2D eigenvalue weighted by Crippen LogP contribution is -1.98. The number of nitrogens with zero attached hydrogens (tertiary/aromatic N) is 1. The van der Waals surface area contributed by atoms with E-state index in [1.165, 1.54) is 11.1 Å². The second kappa shape index (κ2) is 8.34. The van der Waals surface area contributed by atoms with Gasteiger partial charge in [-0.1, -0.05) is 42.5 Å². The molecule has 0 unspecified atom stereocenters. The van der Waals surface area contributed by atoms with Crippen LogP contribution in [0, 0.1) is 13.8 Å². The van der Waals surface area contributed by atoms with Crippen molar-refractivity contribution < 1.29 is 9.47 Å². The molecule has 132 valence electrons. The number of aryl methyl sites for hydroxylation is 1. The van der Waals surface area contributed by atoms with Crippen LogP contribution in [0.5, 0.6) is 11.5 Å². The van der Waals surface area contributed by atoms with Crippen molar-refractivity contribution in [2.45, 2.75) is 20.5 Å². The van der Waals surface area contributed by atoms with E-state index in [9.17, 15) is 0 Å². The van der Waals surface area contributed by atoms with Crippen LogP contribution in [-0.2, 0) is 6.61 Å². The van der Waals surface area contributed by atoms with Gasteiger partial charge in [0.05, 0.1) is 12.8 Å². The largest absolute Gasteiger partial charge is 0.493 e. The van der Waals surface area contributed by atoms with Gasteiger partial charge in [-0.05, 0) is 60.4 Å². The van der Waals surface area contributed by atoms with Crippen molar-refractivity contribution in [3.8, 4) is 11.5 Å². The summed E-state index contributed by atoms with van der Waals surface area (Å²) in [5.74, 6) is 1.42. The van der Waals surface area contributed by atoms with E-state index in [0.29, 0.717) is 12.4 Å². The zero-order valence-electron chi connectivity index (χ0n) is 15.4. The van der Waals surface area contributed by atoms with Crippen molar-refractivity contribution in [1.82, 2.24) is 0 Å². The quantitative estimate of drug-likeness (QED) is 0.541. The lowest BCUT2D eigenvalue weighted by atomic mass is 10.1. The molecule has 26 heavy (non-hydrogen) atoms. The van der Waals surface area contributed by atoms with Gasteiger partial charge in [-0.3, -0.25) is 4.99 Å². The Hall–Kier alpha value is -3.07. The maximum atomic E-state index is 5.90. The second-order valence-electron chi connectivity index (χ2n) is 6.16. The Balaban J connectivity index is 1.76. The first-order chi connectivity index (χ1) is 12.7. The minimum absolute atomic E-state index is 0.507. The molecule has 3 rings (SSSR count). The first-order valence-electron chi connectivity index (χ1n) is 8.62. The third-order valence-corrected chi connectivity index (χ3v) is 4.35. The van der Waals surface area contributed by atoms with E-state index in [1.807, 2.05) is 66.9 Å². The first kappa shape index (κ1) is 17.7. The summed E-state index contributed by atoms with van der Waals surface area (Å²) in [6.07, 6.45) is 1.85. The lowest BCUT2D eigenvalue weighted by Gasteiger charge is -2.11. The fourth-order valence-corrected chi connectivity index (χ4v) is 2.64. The highest BCUT2D eigenvalue weighted by atomic mass is 16.5. The first-order valence-corrected chi connectivity index (χ1v) is 8.62. The highest BCUT2D eigenvalue weighted by molar-refractivity contribution is 5.83. The third kappa shape index (κ3) is 4.31. The van der Waals surface area contributed by atoms with Gasteiger partial charge in [0, 0.05) is 6.21 Å². The van der Waals surface area contributed by atoms with E-state index in [4.69, 9.17) is 9.47 Å². The van der Waals surface area contributed by atoms with Gasteiger partial charge < -0.3 is 9.47 Å². The van der Waals surface area contributed by atoms with E-state index in [0.717, 1.165) is 22.6 Å². The third-order valence-electron chi connectivity index (χ3n) is 4.35. The topological polar surface area (TPSA) is 30.8 Å². The molecule has 3 heteroatoms. The van der Waals surface area contributed by atoms with Gasteiger partial charge in [0.15, 0.2) is 11.5 Å². The van der Waals surface area contributed by atoms with Crippen molar-refractivity contribution in [3.63, 3.8) is 0 Å². The molecular formula is C23H23NO2. The van der Waals surface area contributed by atoms with E-state index in [-0.39, 0.29) is 0 Å². The maximum absolute atomic E-state index is 5.90. The van der Waals surface area contributed by atoms with Crippen LogP contribution >= 0.6 is 0 Å². The maximum Gasteiger partial charge on any atom is 0.161 e. The molecule has 0 fully saturated rings. The van der Waals surface area contributed by atoms with E-state index < -0.39 is 0 Å². The van der Waals surface area contributed by atoms with Crippen LogP contribution in [0.15, 0.2) is 71.7 Å². The van der Waals surface area contributed by atoms with Gasteiger partial charge in [0.25, 0.3) is 0 Å². The molecule has 3 aromatic carbocycles. The lowest BCUT2D eigenvalue weighted by molar-refractivity contribution is 0.284. The van der Waals surface area contributed by atoms with Gasteiger partial charge in [0.2, 0.25) is 0 Å². The van der Waals surface area contributed by atoms with Crippen LogP contribution in [0.3, 0.4) is 0 Å². The number of benzene rings is 3. The van der Waals surface area contributed by atoms with Crippen molar-refractivity contribution in [3.05, 3.63) is 89.0 Å². The molecular weight excluding hydrogens is 322 g/mol. The Morgan fingerprint density at radius 2 is 1.69 bits per heavy atom. The van der Waals surface area contributed by atoms with Crippen molar-refractivity contribution in [2.75, 3.05) is 7.11 Å². The SMILES string of the molecule is COc1cc(C=Nc2cccc(C)c2C)ccc1OCc1ccccc1. The molecule has 0 aliphatic rings. The minimum atomic E-state index is 0.507. The number of hydrogen-bond acceptors (Lipinski definition) is 3. The van der Waals surface area contributed by atoms with Gasteiger partial charge >= 0.3 is 0 Å². The number of aliphatic imine (C=N–C) groups is 1. The summed E-state index contributed by atoms with van der Waals surface area (Å²) >= 11 is 0. The van der Waals surface area contributed by atoms with Crippen LogP contribution in [0.2, 0.25) is 0 Å². The smallest absolute Gasteiger partial charge is 0.161 e. The van der Waals surface area contributed by atoms with E-state index >= 15 is 0 Å². The number of methoxy groups -OCH3 is 1. The molecule has 0 aliphatic carbocycles. The molecule has 3 aromatic rings. The summed E-state index contributed by atoms with van der Waals surface area (Å²) in [4.78, 5) is 4.61. The highest BCUT2D eigenvalue weighted by Crippen LogP contribution is 2.29. The number of rotatable bonds is 6. The van der Waals surface area contributed by atoms with Crippen molar-refractivity contribution >= 4 is 11.9 Å². The zero-order valence-corrected chi connectivity index (χ0v) is 15.4. The predicted molar refractivity (Wildman–Crippen MR) is 107 cm³/mol. The summed E-state index contributed by atoms with van der Waals surface area (Å²) in [5.41, 5.74) is 5.50. The van der Waals surface area contributed by atoms with Gasteiger partial charge in [-0.25, -0.2) is 0 Å². The van der Waals surface area contributed by atoms with Crippen molar-refractivity contribution in [2.24, 2.45) is 4.99 Å². The molecule has 0 aliphatic heterocycles. The fourth-order valence-electron chi connectivity index (χ4n) is 2.64. The Morgan fingerprint density at radius 1 is 0.885 bits per heavy atom. The summed E-state index contributed by atoms with van der Waals surface area (Å²) < 4.78 is 11.4. The second-order valence-corrected chi connectivity index (χ2v) is 6.16. The van der Waals surface area contributed by atoms with Gasteiger partial charge in [-0.15, -0.1) is 0 Å². The average Bonchev–Trinajstić information content (AvgIpc) is 2.68. The Kier molecular flexibility index (Phi) is 5.69. The average molecular weight is 345 g/mol. The van der Waals surface area contributed by atoms with Crippen LogP contribution in [0.25, 0.3) is 0 Å². The summed E-state index contributed by atoms with van der Waals surface area (Å²) in [6.45, 7) is 4.69. The highest BCUT2D eigenvalue weighted by Gasteiger charge is 2.06. The minimum Gasteiger partial charge on any atom is -0.493 e. The monoisotopic (exact) mass is 345 g/mol. The Bertz CT molecular complexity index is 901. The fraction of sp³-hybridized carbons (Fsp3) is 0.174. The Labute approximate surface area is 154 Å². The zero-order chi connectivity index (χ0) is 18.4. The number of ether oxygens (including phenoxy) is 2. The molecule has 0 amide bonds. The molecule has 0 radical (unpaired) electrons. The number of hydrogen-bond donors (Lipinski definition) is 0.